The van der Waals surface area contributed by atoms with Crippen LogP contribution in [0.1, 0.15) is 12.6 Å². The molecular weight excluding hydrogens is 392 g/mol. The number of hydrogen-bond acceptors (Lipinski definition) is 10. The van der Waals surface area contributed by atoms with Gasteiger partial charge in [0.15, 0.2) is 16.1 Å². The van der Waals surface area contributed by atoms with E-state index in [0.29, 0.717) is 0 Å². The molecule has 0 bridgehead atoms. The third kappa shape index (κ3) is 3.41. The van der Waals surface area contributed by atoms with Crippen LogP contribution in [0.15, 0.2) is 40.5 Å². The smallest absolute Gasteiger partial charge is 0.280 e. The van der Waals surface area contributed by atoms with Gasteiger partial charge in [-0.05, 0) is 33.7 Å². The van der Waals surface area contributed by atoms with Crippen molar-refractivity contribution in [3.8, 4) is 0 Å². The van der Waals surface area contributed by atoms with Gasteiger partial charge < -0.3 is 20.7 Å². The molecule has 1 saturated heterocycles. The predicted molar refractivity (Wildman–Crippen MR) is 101 cm³/mol. The molecule has 5 N–H and O–H groups in total. The molecule has 0 amide bonds. The number of nitrogens with one attached hydrogen (secondary N) is 1. The third-order valence-electron chi connectivity index (χ3n) is 4.13. The molecule has 3 aromatic heterocycles. The van der Waals surface area contributed by atoms with Crippen LogP contribution < -0.4 is 11.3 Å². The average molecular weight is 408 g/mol. The molecule has 1 aliphatic rings. The predicted octanol–water partition coefficient (Wildman–Crippen LogP) is 0.506. The molecule has 0 aliphatic carbocycles. The highest BCUT2D eigenvalue weighted by atomic mass is 33.1. The summed E-state index contributed by atoms with van der Waals surface area (Å²) in [5.74, 6) is -0.0405. The number of hydrogen-bond donors (Lipinski definition) is 4. The molecule has 142 valence electrons. The maximum absolute atomic E-state index is 11.9. The number of aliphatic hydroxyl groups excluding tert-OH is 1. The van der Waals surface area contributed by atoms with E-state index in [1.807, 2.05) is 12.1 Å². The van der Waals surface area contributed by atoms with Crippen LogP contribution in [0, 0.1) is 0 Å². The molecule has 0 aromatic carbocycles. The number of aromatic amines is 1. The highest BCUT2D eigenvalue weighted by Gasteiger charge is 2.49. The van der Waals surface area contributed by atoms with Crippen molar-refractivity contribution in [3.63, 3.8) is 0 Å². The summed E-state index contributed by atoms with van der Waals surface area (Å²) >= 11 is 0. The first-order chi connectivity index (χ1) is 13.0. The summed E-state index contributed by atoms with van der Waals surface area (Å²) in [5.41, 5.74) is 5.54. The van der Waals surface area contributed by atoms with Crippen LogP contribution >= 0.6 is 21.6 Å². The molecule has 4 heterocycles. The number of aromatic nitrogens is 5. The number of ether oxygens (including phenoxy) is 1. The Morgan fingerprint density at radius 1 is 1.44 bits per heavy atom. The van der Waals surface area contributed by atoms with Gasteiger partial charge in [0.2, 0.25) is 5.95 Å². The van der Waals surface area contributed by atoms with Crippen molar-refractivity contribution in [1.82, 2.24) is 24.5 Å². The minimum absolute atomic E-state index is 0.0405. The van der Waals surface area contributed by atoms with Crippen molar-refractivity contribution < 1.29 is 14.9 Å². The summed E-state index contributed by atoms with van der Waals surface area (Å²) in [6.45, 7) is -0.369. The number of nitrogens with zero attached hydrogens (tertiary/aromatic N) is 4. The van der Waals surface area contributed by atoms with E-state index in [-0.39, 0.29) is 30.1 Å². The quantitative estimate of drug-likeness (QED) is 0.347. The first-order valence-corrected chi connectivity index (χ1v) is 10.1. The molecule has 0 radical (unpaired) electrons. The number of H-pyrrole nitrogens is 1. The second-order valence-electron chi connectivity index (χ2n) is 5.92. The Labute approximate surface area is 160 Å². The Kier molecular flexibility index (Phi) is 4.82. The van der Waals surface area contributed by atoms with Crippen molar-refractivity contribution in [3.05, 3.63) is 41.1 Å². The summed E-state index contributed by atoms with van der Waals surface area (Å²) in [4.78, 5) is 25.3. The molecule has 10 nitrogen and oxygen atoms in total. The maximum Gasteiger partial charge on any atom is 0.280 e. The molecule has 0 saturated carbocycles. The minimum atomic E-state index is -1.37. The second kappa shape index (κ2) is 7.13. The normalized spacial score (nSPS) is 25.3. The third-order valence-corrected chi connectivity index (χ3v) is 6.97. The fraction of sp³-hybridized carbons (Fsp3) is 0.333. The van der Waals surface area contributed by atoms with Gasteiger partial charge in [0, 0.05) is 12.6 Å². The Hall–Kier alpha value is -2.12. The van der Waals surface area contributed by atoms with E-state index in [0.717, 1.165) is 15.8 Å². The summed E-state index contributed by atoms with van der Waals surface area (Å²) < 4.78 is 7.36. The van der Waals surface area contributed by atoms with E-state index >= 15 is 0 Å². The van der Waals surface area contributed by atoms with Crippen LogP contribution in [-0.4, -0.2) is 52.4 Å². The number of nitrogens with two attached hydrogens (primary N) is 1. The topological polar surface area (TPSA) is 152 Å². The van der Waals surface area contributed by atoms with Gasteiger partial charge in [0.05, 0.1) is 12.9 Å². The largest absolute Gasteiger partial charge is 0.394 e. The molecule has 4 rings (SSSR count). The number of pyridine rings is 1. The monoisotopic (exact) mass is 408 g/mol. The van der Waals surface area contributed by atoms with E-state index in [1.54, 1.807) is 12.3 Å². The average Bonchev–Trinajstić information content (AvgIpc) is 3.22. The van der Waals surface area contributed by atoms with Gasteiger partial charge in [-0.1, -0.05) is 6.07 Å². The molecule has 1 aliphatic heterocycles. The summed E-state index contributed by atoms with van der Waals surface area (Å²) in [7, 11) is 2.46. The van der Waals surface area contributed by atoms with Crippen molar-refractivity contribution >= 4 is 38.7 Å². The van der Waals surface area contributed by atoms with Crippen LogP contribution in [0.4, 0.5) is 5.95 Å². The molecule has 12 heteroatoms. The van der Waals surface area contributed by atoms with E-state index < -0.39 is 22.8 Å². The van der Waals surface area contributed by atoms with Crippen LogP contribution in [0.3, 0.4) is 0 Å². The highest BCUT2D eigenvalue weighted by Crippen LogP contribution is 2.50. The highest BCUT2D eigenvalue weighted by molar-refractivity contribution is 8.77. The zero-order chi connectivity index (χ0) is 19.0. The zero-order valence-corrected chi connectivity index (χ0v) is 15.5. The van der Waals surface area contributed by atoms with Gasteiger partial charge in [-0.2, -0.15) is 4.98 Å². The standard InChI is InChI=1S/C15H16N6O4S2/c16-14-19-12-11(13(23)20-14)18-7-21(12)10-5-15(24,8(6-22)25-10)27-26-9-3-1-2-4-17-9/h1-4,7-8,10,22,24H,5-6H2,(H3,16,19,20,23)/t8-,10-,15-/m1/s1. The van der Waals surface area contributed by atoms with Gasteiger partial charge in [0.1, 0.15) is 17.4 Å². The van der Waals surface area contributed by atoms with Gasteiger partial charge in [-0.3, -0.25) is 14.3 Å². The van der Waals surface area contributed by atoms with Crippen LogP contribution in [0.2, 0.25) is 0 Å². The first kappa shape index (κ1) is 18.3. The number of fused-ring (bicyclic) bond motifs is 1. The lowest BCUT2D eigenvalue weighted by atomic mass is 10.2. The first-order valence-electron chi connectivity index (χ1n) is 7.98. The Balaban J connectivity index is 1.60. The van der Waals surface area contributed by atoms with E-state index in [2.05, 4.69) is 19.9 Å². The van der Waals surface area contributed by atoms with E-state index in [9.17, 15) is 15.0 Å². The summed E-state index contributed by atoms with van der Waals surface area (Å²) in [6, 6.07) is 5.48. The lowest BCUT2D eigenvalue weighted by Gasteiger charge is -2.24. The molecule has 0 spiro atoms. The lowest BCUT2D eigenvalue weighted by molar-refractivity contribution is -0.0508. The number of nitrogen functional groups attached to an aromatic ring is 1. The van der Waals surface area contributed by atoms with E-state index in [1.165, 1.54) is 21.7 Å². The number of rotatable bonds is 5. The minimum Gasteiger partial charge on any atom is -0.394 e. The molecule has 27 heavy (non-hydrogen) atoms. The Morgan fingerprint density at radius 3 is 3.04 bits per heavy atom. The zero-order valence-electron chi connectivity index (χ0n) is 13.8. The molecule has 0 unspecified atom stereocenters. The van der Waals surface area contributed by atoms with Gasteiger partial charge in [-0.25, -0.2) is 9.97 Å². The van der Waals surface area contributed by atoms with Crippen LogP contribution in [0.25, 0.3) is 11.2 Å². The van der Waals surface area contributed by atoms with Crippen LogP contribution in [-0.2, 0) is 4.74 Å². The van der Waals surface area contributed by atoms with Crippen molar-refractivity contribution in [1.29, 1.82) is 0 Å². The summed E-state index contributed by atoms with van der Waals surface area (Å²) in [5, 5.41) is 21.4. The maximum atomic E-state index is 11.9. The summed E-state index contributed by atoms with van der Waals surface area (Å²) in [6.07, 6.45) is 1.73. The van der Waals surface area contributed by atoms with E-state index in [4.69, 9.17) is 10.5 Å². The number of aliphatic hydroxyl groups is 2. The van der Waals surface area contributed by atoms with Crippen molar-refractivity contribution in [2.24, 2.45) is 0 Å². The van der Waals surface area contributed by atoms with Crippen molar-refractivity contribution in [2.45, 2.75) is 28.7 Å². The number of imidazole rings is 1. The van der Waals surface area contributed by atoms with Crippen LogP contribution in [0.5, 0.6) is 0 Å². The molecule has 3 aromatic rings. The van der Waals surface area contributed by atoms with Crippen molar-refractivity contribution in [2.75, 3.05) is 12.3 Å². The fourth-order valence-corrected chi connectivity index (χ4v) is 5.25. The second-order valence-corrected chi connectivity index (χ2v) is 8.38. The fourth-order valence-electron chi connectivity index (χ4n) is 2.83. The molecule has 3 atom stereocenters. The SMILES string of the molecule is Nc1nc2c(ncn2[C@H]2C[C@@](O)(SSc3ccccn3)[C@@H](CO)O2)c(=O)[nH]1. The number of anilines is 1. The lowest BCUT2D eigenvalue weighted by Crippen LogP contribution is -2.36. The Morgan fingerprint density at radius 2 is 2.30 bits per heavy atom. The van der Waals surface area contributed by atoms with Gasteiger partial charge in [-0.15, -0.1) is 0 Å². The molecule has 1 fully saturated rings. The van der Waals surface area contributed by atoms with Gasteiger partial charge >= 0.3 is 0 Å². The molecular formula is C15H16N6O4S2. The Bertz CT molecular complexity index is 1010. The van der Waals surface area contributed by atoms with Gasteiger partial charge in [0.25, 0.3) is 5.56 Å².